The largest absolute Gasteiger partial charge is 0.342 e. The molecule has 0 aromatic rings. The number of azide groups is 1. The van der Waals surface area contributed by atoms with E-state index in [9.17, 15) is 4.79 Å². The van der Waals surface area contributed by atoms with Crippen molar-refractivity contribution in [2.24, 2.45) is 17.0 Å². The van der Waals surface area contributed by atoms with Crippen molar-refractivity contribution in [2.75, 3.05) is 39.3 Å². The molecule has 2 heterocycles. The van der Waals surface area contributed by atoms with Crippen LogP contribution in [0.4, 0.5) is 0 Å². The van der Waals surface area contributed by atoms with E-state index in [1.807, 2.05) is 4.90 Å². The lowest BCUT2D eigenvalue weighted by Crippen LogP contribution is -2.34. The monoisotopic (exact) mass is 293 g/mol. The van der Waals surface area contributed by atoms with Crippen LogP contribution in [0.2, 0.25) is 0 Å². The Hall–Kier alpha value is -1.26. The fourth-order valence-corrected chi connectivity index (χ4v) is 3.27. The number of amides is 1. The first kappa shape index (κ1) is 16.1. The minimum Gasteiger partial charge on any atom is -0.342 e. The molecule has 1 atom stereocenters. The quantitative estimate of drug-likeness (QED) is 0.313. The topological polar surface area (TPSA) is 72.3 Å². The van der Waals surface area contributed by atoms with Crippen molar-refractivity contribution in [1.29, 1.82) is 0 Å². The van der Waals surface area contributed by atoms with E-state index in [1.54, 1.807) is 0 Å². The molecule has 0 spiro atoms. The Bertz CT molecular complexity index is 386. The van der Waals surface area contributed by atoms with E-state index in [0.717, 1.165) is 32.0 Å². The standard InChI is InChI=1S/C15H27N5O/c1-13-4-8-19(9-5-13)6-2-3-7-20-12-14(10-15(20)21)11-17-18-16/h13-14H,2-12H2,1H3. The van der Waals surface area contributed by atoms with Gasteiger partial charge >= 0.3 is 0 Å². The molecule has 0 N–H and O–H groups in total. The Labute approximate surface area is 127 Å². The average Bonchev–Trinajstić information content (AvgIpc) is 2.83. The highest BCUT2D eigenvalue weighted by Crippen LogP contribution is 2.19. The van der Waals surface area contributed by atoms with Crippen LogP contribution in [-0.4, -0.2) is 55.0 Å². The number of hydrogen-bond acceptors (Lipinski definition) is 3. The number of carbonyl (C=O) groups is 1. The molecule has 6 heteroatoms. The van der Waals surface area contributed by atoms with Crippen molar-refractivity contribution in [3.05, 3.63) is 10.4 Å². The predicted octanol–water partition coefficient (Wildman–Crippen LogP) is 2.66. The number of likely N-dealkylation sites (tertiary alicyclic amines) is 2. The summed E-state index contributed by atoms with van der Waals surface area (Å²) in [7, 11) is 0. The van der Waals surface area contributed by atoms with E-state index in [4.69, 9.17) is 5.53 Å². The minimum atomic E-state index is 0.219. The van der Waals surface area contributed by atoms with E-state index >= 15 is 0 Å². The van der Waals surface area contributed by atoms with Crippen molar-refractivity contribution in [2.45, 2.75) is 39.0 Å². The molecular formula is C15H27N5O. The lowest BCUT2D eigenvalue weighted by molar-refractivity contribution is -0.127. The molecule has 0 aromatic carbocycles. The summed E-state index contributed by atoms with van der Waals surface area (Å²) in [6.07, 6.45) is 5.44. The second-order valence-electron chi connectivity index (χ2n) is 6.55. The zero-order valence-electron chi connectivity index (χ0n) is 13.1. The molecular weight excluding hydrogens is 266 g/mol. The van der Waals surface area contributed by atoms with E-state index in [-0.39, 0.29) is 11.8 Å². The zero-order valence-corrected chi connectivity index (χ0v) is 13.1. The van der Waals surface area contributed by atoms with Crippen molar-refractivity contribution >= 4 is 5.91 Å². The molecule has 0 bridgehead atoms. The summed E-state index contributed by atoms with van der Waals surface area (Å²) >= 11 is 0. The average molecular weight is 293 g/mol. The molecule has 6 nitrogen and oxygen atoms in total. The number of piperidine rings is 1. The first-order chi connectivity index (χ1) is 10.2. The van der Waals surface area contributed by atoms with Crippen LogP contribution in [-0.2, 0) is 4.79 Å². The van der Waals surface area contributed by atoms with Crippen LogP contribution >= 0.6 is 0 Å². The van der Waals surface area contributed by atoms with Gasteiger partial charge in [-0.15, -0.1) is 0 Å². The third kappa shape index (κ3) is 5.21. The lowest BCUT2D eigenvalue weighted by atomic mass is 9.99. The van der Waals surface area contributed by atoms with Crippen LogP contribution in [0.25, 0.3) is 10.4 Å². The molecule has 1 amide bonds. The van der Waals surface area contributed by atoms with E-state index in [2.05, 4.69) is 21.8 Å². The fraction of sp³-hybridized carbons (Fsp3) is 0.933. The van der Waals surface area contributed by atoms with E-state index < -0.39 is 0 Å². The van der Waals surface area contributed by atoms with Crippen molar-refractivity contribution in [3.63, 3.8) is 0 Å². The normalized spacial score (nSPS) is 24.3. The van der Waals surface area contributed by atoms with Crippen molar-refractivity contribution in [3.8, 4) is 0 Å². The Balaban J connectivity index is 1.58. The molecule has 2 aliphatic rings. The lowest BCUT2D eigenvalue weighted by Gasteiger charge is -2.30. The van der Waals surface area contributed by atoms with Gasteiger partial charge in [0.05, 0.1) is 0 Å². The summed E-state index contributed by atoms with van der Waals surface area (Å²) in [6, 6.07) is 0. The Morgan fingerprint density at radius 2 is 2.00 bits per heavy atom. The number of unbranched alkanes of at least 4 members (excludes halogenated alkanes) is 1. The number of carbonyl (C=O) groups excluding carboxylic acids is 1. The second-order valence-corrected chi connectivity index (χ2v) is 6.55. The van der Waals surface area contributed by atoms with Gasteiger partial charge in [-0.05, 0) is 62.7 Å². The molecule has 2 fully saturated rings. The SMILES string of the molecule is CC1CCN(CCCCN2CC(CN=[N+]=[N-])CC2=O)CC1. The smallest absolute Gasteiger partial charge is 0.222 e. The van der Waals surface area contributed by atoms with Gasteiger partial charge < -0.3 is 9.80 Å². The van der Waals surface area contributed by atoms with Gasteiger partial charge in [0.1, 0.15) is 0 Å². The third-order valence-corrected chi connectivity index (χ3v) is 4.73. The summed E-state index contributed by atoms with van der Waals surface area (Å²) in [5.74, 6) is 1.33. The maximum atomic E-state index is 11.9. The van der Waals surface area contributed by atoms with Gasteiger partial charge in [0.2, 0.25) is 5.91 Å². The van der Waals surface area contributed by atoms with Gasteiger partial charge in [-0.1, -0.05) is 12.0 Å². The summed E-state index contributed by atoms with van der Waals surface area (Å²) in [6.45, 7) is 8.04. The molecule has 118 valence electrons. The zero-order chi connectivity index (χ0) is 15.1. The third-order valence-electron chi connectivity index (χ3n) is 4.73. The van der Waals surface area contributed by atoms with Crippen molar-refractivity contribution in [1.82, 2.24) is 9.80 Å². The molecule has 0 aromatic heterocycles. The van der Waals surface area contributed by atoms with Gasteiger partial charge in [-0.3, -0.25) is 4.79 Å². The number of nitrogens with zero attached hydrogens (tertiary/aromatic N) is 5. The van der Waals surface area contributed by atoms with Crippen molar-refractivity contribution < 1.29 is 4.79 Å². The number of rotatable bonds is 7. The van der Waals surface area contributed by atoms with Crippen LogP contribution in [0.15, 0.2) is 5.11 Å². The van der Waals surface area contributed by atoms with E-state index in [1.165, 1.54) is 32.4 Å². The molecule has 1 unspecified atom stereocenters. The first-order valence-corrected chi connectivity index (χ1v) is 8.20. The first-order valence-electron chi connectivity index (χ1n) is 8.20. The summed E-state index contributed by atoms with van der Waals surface area (Å²) in [4.78, 5) is 19.1. The van der Waals surface area contributed by atoms with Gasteiger partial charge in [0.25, 0.3) is 0 Å². The predicted molar refractivity (Wildman–Crippen MR) is 82.8 cm³/mol. The van der Waals surface area contributed by atoms with Crippen LogP contribution < -0.4 is 0 Å². The van der Waals surface area contributed by atoms with Crippen LogP contribution in [0.5, 0.6) is 0 Å². The van der Waals surface area contributed by atoms with Crippen LogP contribution in [0.1, 0.15) is 39.0 Å². The Morgan fingerprint density at radius 3 is 2.71 bits per heavy atom. The molecule has 2 saturated heterocycles. The highest BCUT2D eigenvalue weighted by molar-refractivity contribution is 5.78. The second kappa shape index (κ2) is 8.25. The summed E-state index contributed by atoms with van der Waals surface area (Å²) in [5, 5.41) is 3.58. The van der Waals surface area contributed by atoms with Gasteiger partial charge in [-0.2, -0.15) is 0 Å². The Morgan fingerprint density at radius 1 is 1.29 bits per heavy atom. The van der Waals surface area contributed by atoms with Gasteiger partial charge in [0, 0.05) is 31.0 Å². The van der Waals surface area contributed by atoms with Gasteiger partial charge in [-0.25, -0.2) is 0 Å². The highest BCUT2D eigenvalue weighted by atomic mass is 16.2. The minimum absolute atomic E-state index is 0.219. The van der Waals surface area contributed by atoms with Crippen LogP contribution in [0, 0.1) is 11.8 Å². The fourth-order valence-electron chi connectivity index (χ4n) is 3.27. The molecule has 2 aliphatic heterocycles. The highest BCUT2D eigenvalue weighted by Gasteiger charge is 2.28. The molecule has 0 aliphatic carbocycles. The number of hydrogen-bond donors (Lipinski definition) is 0. The maximum Gasteiger partial charge on any atom is 0.222 e. The molecule has 21 heavy (non-hydrogen) atoms. The maximum absolute atomic E-state index is 11.9. The molecule has 0 radical (unpaired) electrons. The summed E-state index contributed by atoms with van der Waals surface area (Å²) < 4.78 is 0. The summed E-state index contributed by atoms with van der Waals surface area (Å²) in [5.41, 5.74) is 8.33. The van der Waals surface area contributed by atoms with Gasteiger partial charge in [0.15, 0.2) is 0 Å². The van der Waals surface area contributed by atoms with Crippen LogP contribution in [0.3, 0.4) is 0 Å². The Kier molecular flexibility index (Phi) is 6.33. The molecule has 0 saturated carbocycles. The molecule has 2 rings (SSSR count). The van der Waals surface area contributed by atoms with E-state index in [0.29, 0.717) is 13.0 Å².